The van der Waals surface area contributed by atoms with E-state index in [0.717, 1.165) is 13.1 Å². The largest absolute Gasteiger partial charge is 0.494 e. The lowest BCUT2D eigenvalue weighted by atomic mass is 10.1. The molecule has 0 spiro atoms. The van der Waals surface area contributed by atoms with Crippen molar-refractivity contribution in [2.24, 2.45) is 5.73 Å². The second kappa shape index (κ2) is 14.4. The summed E-state index contributed by atoms with van der Waals surface area (Å²) in [7, 11) is 1.44. The SMILES string of the molecule is COc1cc(C(=O)O)cc(N)c1NC/C=C/CNc1c(N)cc(C(N)=O)cc1OCC#CCN1CCOCC1. The highest BCUT2D eigenvalue weighted by atomic mass is 16.5. The van der Waals surface area contributed by atoms with Crippen LogP contribution in [0.3, 0.4) is 0 Å². The van der Waals surface area contributed by atoms with E-state index < -0.39 is 11.9 Å². The summed E-state index contributed by atoms with van der Waals surface area (Å²) in [5, 5.41) is 15.5. The van der Waals surface area contributed by atoms with Gasteiger partial charge in [0, 0.05) is 31.7 Å². The van der Waals surface area contributed by atoms with Crippen LogP contribution in [0.5, 0.6) is 11.5 Å². The maximum atomic E-state index is 11.7. The van der Waals surface area contributed by atoms with Gasteiger partial charge in [-0.2, -0.15) is 0 Å². The molecule has 0 aliphatic carbocycles. The number of anilines is 4. The fourth-order valence-corrected chi connectivity index (χ4v) is 3.77. The molecule has 1 amide bonds. The highest BCUT2D eigenvalue weighted by molar-refractivity contribution is 5.96. The van der Waals surface area contributed by atoms with Gasteiger partial charge in [0.05, 0.1) is 43.8 Å². The first-order valence-corrected chi connectivity index (χ1v) is 12.3. The predicted octanol–water partition coefficient (Wildman–Crippen LogP) is 1.45. The molecule has 0 saturated carbocycles. The van der Waals surface area contributed by atoms with Gasteiger partial charge >= 0.3 is 5.97 Å². The number of nitrogens with two attached hydrogens (primary N) is 3. The summed E-state index contributed by atoms with van der Waals surface area (Å²) in [6.45, 7) is 4.64. The van der Waals surface area contributed by atoms with E-state index in [1.807, 2.05) is 12.2 Å². The number of methoxy groups -OCH3 is 1. The fourth-order valence-electron chi connectivity index (χ4n) is 3.77. The predicted molar refractivity (Wildman–Crippen MR) is 150 cm³/mol. The van der Waals surface area contributed by atoms with Crippen molar-refractivity contribution in [1.82, 2.24) is 4.90 Å². The van der Waals surface area contributed by atoms with Crippen LogP contribution in [-0.2, 0) is 4.74 Å². The van der Waals surface area contributed by atoms with Gasteiger partial charge in [0.15, 0.2) is 0 Å². The van der Waals surface area contributed by atoms with Crippen molar-refractivity contribution >= 4 is 34.6 Å². The molecule has 0 aromatic heterocycles. The maximum absolute atomic E-state index is 11.7. The first kappa shape index (κ1) is 29.0. The van der Waals surface area contributed by atoms with Crippen LogP contribution in [0.4, 0.5) is 22.7 Å². The summed E-state index contributed by atoms with van der Waals surface area (Å²) < 4.78 is 16.4. The molecular weight excluding hydrogens is 504 g/mol. The summed E-state index contributed by atoms with van der Waals surface area (Å²) in [6.07, 6.45) is 3.71. The standard InChI is InChI=1S/C27H34N6O6/c1-37-22-17-19(27(35)36)15-21(29)24(22)31-6-2-3-7-32-25-20(28)14-18(26(30)34)16-23(25)39-11-5-4-8-33-9-12-38-13-10-33/h2-3,14-17,31-32H,6-13,28-29H2,1H3,(H2,30,34)(H,35,36)/b3-2+. The summed E-state index contributed by atoms with van der Waals surface area (Å²) in [5.41, 5.74) is 19.5. The molecule has 208 valence electrons. The molecule has 9 N–H and O–H groups in total. The second-order valence-corrected chi connectivity index (χ2v) is 8.51. The number of morpholine rings is 1. The normalized spacial score (nSPS) is 13.4. The molecule has 1 fully saturated rings. The van der Waals surface area contributed by atoms with E-state index in [0.29, 0.717) is 61.4 Å². The van der Waals surface area contributed by atoms with Crippen molar-refractivity contribution in [1.29, 1.82) is 0 Å². The number of carbonyl (C=O) groups is 2. The van der Waals surface area contributed by atoms with Crippen molar-refractivity contribution in [3.8, 4) is 23.3 Å². The first-order valence-electron chi connectivity index (χ1n) is 12.3. The average Bonchev–Trinajstić information content (AvgIpc) is 2.92. The number of ether oxygens (including phenoxy) is 3. The summed E-state index contributed by atoms with van der Waals surface area (Å²) in [5.74, 6) is 5.06. The molecule has 12 nitrogen and oxygen atoms in total. The maximum Gasteiger partial charge on any atom is 0.335 e. The molecule has 1 saturated heterocycles. The van der Waals surface area contributed by atoms with Crippen LogP contribution in [-0.4, -0.2) is 81.5 Å². The molecule has 0 bridgehead atoms. The Bertz CT molecular complexity index is 1260. The van der Waals surface area contributed by atoms with Crippen molar-refractivity contribution in [2.75, 3.05) is 81.8 Å². The van der Waals surface area contributed by atoms with Gasteiger partial charge in [-0.25, -0.2) is 4.79 Å². The zero-order valence-electron chi connectivity index (χ0n) is 21.8. The quantitative estimate of drug-likeness (QED) is 0.130. The second-order valence-electron chi connectivity index (χ2n) is 8.51. The molecule has 12 heteroatoms. The van der Waals surface area contributed by atoms with Gasteiger partial charge in [-0.1, -0.05) is 24.0 Å². The summed E-state index contributed by atoms with van der Waals surface area (Å²) in [6, 6.07) is 5.79. The number of hydrogen-bond acceptors (Lipinski definition) is 10. The van der Waals surface area contributed by atoms with Crippen LogP contribution in [0.1, 0.15) is 20.7 Å². The van der Waals surface area contributed by atoms with Gasteiger partial charge in [-0.3, -0.25) is 9.69 Å². The third-order valence-electron chi connectivity index (χ3n) is 5.81. The number of amides is 1. The molecule has 1 aliphatic heterocycles. The Morgan fingerprint density at radius 2 is 1.59 bits per heavy atom. The van der Waals surface area contributed by atoms with Crippen molar-refractivity contribution in [2.45, 2.75) is 0 Å². The number of nitrogens with zero attached hydrogens (tertiary/aromatic N) is 1. The lowest BCUT2D eigenvalue weighted by Crippen LogP contribution is -2.36. The molecule has 1 aliphatic rings. The molecule has 0 unspecified atom stereocenters. The molecule has 0 radical (unpaired) electrons. The molecule has 0 atom stereocenters. The van der Waals surface area contributed by atoms with Crippen molar-refractivity contribution in [3.05, 3.63) is 47.5 Å². The molecule has 39 heavy (non-hydrogen) atoms. The fraction of sp³-hybridized carbons (Fsp3) is 0.333. The lowest BCUT2D eigenvalue weighted by molar-refractivity contribution is 0.0443. The van der Waals surface area contributed by atoms with Crippen LogP contribution in [0, 0.1) is 11.8 Å². The van der Waals surface area contributed by atoms with Gasteiger partial charge in [0.1, 0.15) is 29.5 Å². The zero-order chi connectivity index (χ0) is 28.2. The molecule has 2 aromatic carbocycles. The molecule has 1 heterocycles. The molecular formula is C27H34N6O6. The highest BCUT2D eigenvalue weighted by Gasteiger charge is 2.14. The van der Waals surface area contributed by atoms with Gasteiger partial charge in [-0.15, -0.1) is 0 Å². The van der Waals surface area contributed by atoms with Gasteiger partial charge in [0.25, 0.3) is 0 Å². The number of aromatic carboxylic acids is 1. The third-order valence-corrected chi connectivity index (χ3v) is 5.81. The van der Waals surface area contributed by atoms with E-state index in [-0.39, 0.29) is 23.4 Å². The molecule has 2 aromatic rings. The number of carboxylic acid groups (broad SMARTS) is 1. The van der Waals surface area contributed by atoms with E-state index in [1.165, 1.54) is 31.4 Å². The van der Waals surface area contributed by atoms with Crippen LogP contribution < -0.4 is 37.3 Å². The van der Waals surface area contributed by atoms with Crippen molar-refractivity contribution in [3.63, 3.8) is 0 Å². The van der Waals surface area contributed by atoms with Crippen molar-refractivity contribution < 1.29 is 28.9 Å². The van der Waals surface area contributed by atoms with Crippen LogP contribution >= 0.6 is 0 Å². The number of nitrogens with one attached hydrogen (secondary N) is 2. The van der Waals surface area contributed by atoms with Gasteiger partial charge in [0.2, 0.25) is 5.91 Å². The minimum Gasteiger partial charge on any atom is -0.494 e. The highest BCUT2D eigenvalue weighted by Crippen LogP contribution is 2.33. The third kappa shape index (κ3) is 8.46. The number of primary amides is 1. The number of carboxylic acids is 1. The average molecular weight is 539 g/mol. The lowest BCUT2D eigenvalue weighted by Gasteiger charge is -2.24. The van der Waals surface area contributed by atoms with Crippen LogP contribution in [0.15, 0.2) is 36.4 Å². The Balaban J connectivity index is 1.58. The number of rotatable bonds is 12. The number of carbonyl (C=O) groups excluding carboxylic acids is 1. The van der Waals surface area contributed by atoms with Crippen LogP contribution in [0.2, 0.25) is 0 Å². The minimum atomic E-state index is -1.09. The first-order chi connectivity index (χ1) is 18.8. The summed E-state index contributed by atoms with van der Waals surface area (Å²) >= 11 is 0. The van der Waals surface area contributed by atoms with E-state index in [2.05, 4.69) is 27.4 Å². The van der Waals surface area contributed by atoms with E-state index in [4.69, 9.17) is 31.4 Å². The Morgan fingerprint density at radius 1 is 1.00 bits per heavy atom. The van der Waals surface area contributed by atoms with Gasteiger partial charge < -0.3 is 47.2 Å². The molecule has 3 rings (SSSR count). The Hall–Kier alpha value is -4.60. The van der Waals surface area contributed by atoms with E-state index in [9.17, 15) is 14.7 Å². The number of hydrogen-bond donors (Lipinski definition) is 6. The van der Waals surface area contributed by atoms with E-state index >= 15 is 0 Å². The Morgan fingerprint density at radius 3 is 2.18 bits per heavy atom. The zero-order valence-corrected chi connectivity index (χ0v) is 21.8. The summed E-state index contributed by atoms with van der Waals surface area (Å²) in [4.78, 5) is 25.1. The van der Waals surface area contributed by atoms with Gasteiger partial charge in [-0.05, 0) is 24.3 Å². The van der Waals surface area contributed by atoms with E-state index in [1.54, 1.807) is 0 Å². The number of benzene rings is 2. The number of nitrogen functional groups attached to an aromatic ring is 2. The van der Waals surface area contributed by atoms with Crippen LogP contribution in [0.25, 0.3) is 0 Å². The Kier molecular flexibility index (Phi) is 10.7. The topological polar surface area (TPSA) is 187 Å². The smallest absolute Gasteiger partial charge is 0.335 e. The Labute approximate surface area is 227 Å². The monoisotopic (exact) mass is 538 g/mol. The minimum absolute atomic E-state index is 0.0377.